The van der Waals surface area contributed by atoms with E-state index < -0.39 is 11.5 Å². The summed E-state index contributed by atoms with van der Waals surface area (Å²) < 4.78 is 5.40. The normalized spacial score (nSPS) is 22.6. The van der Waals surface area contributed by atoms with E-state index in [1.165, 1.54) is 6.20 Å². The van der Waals surface area contributed by atoms with Crippen molar-refractivity contribution in [2.45, 2.75) is 51.2 Å². The monoisotopic (exact) mass is 442 g/mol. The fraction of sp³-hybridized carbons (Fsp3) is 0.333. The first-order valence-corrected chi connectivity index (χ1v) is 10.9. The molecule has 0 bridgehead atoms. The predicted molar refractivity (Wildman–Crippen MR) is 120 cm³/mol. The highest BCUT2D eigenvalue weighted by molar-refractivity contribution is 6.12. The van der Waals surface area contributed by atoms with Crippen molar-refractivity contribution in [1.82, 2.24) is 19.9 Å². The minimum atomic E-state index is -0.735. The summed E-state index contributed by atoms with van der Waals surface area (Å²) in [5.74, 6) is 1.36. The molecule has 2 atom stereocenters. The molecule has 0 spiro atoms. The van der Waals surface area contributed by atoms with Crippen molar-refractivity contribution in [3.05, 3.63) is 54.4 Å². The number of benzene rings is 1. The van der Waals surface area contributed by atoms with Crippen molar-refractivity contribution >= 4 is 29.3 Å². The largest absolute Gasteiger partial charge is 0.444 e. The van der Waals surface area contributed by atoms with E-state index in [1.807, 2.05) is 39.0 Å². The highest BCUT2D eigenvalue weighted by Gasteiger charge is 2.50. The molecule has 2 fully saturated rings. The Labute approximate surface area is 190 Å². The fourth-order valence-corrected chi connectivity index (χ4v) is 4.74. The first kappa shape index (κ1) is 19.8. The Morgan fingerprint density at radius 1 is 1.00 bits per heavy atom. The summed E-state index contributed by atoms with van der Waals surface area (Å²) in [6.45, 7) is 5.64. The molecule has 4 heterocycles. The summed E-state index contributed by atoms with van der Waals surface area (Å²) in [5.41, 5.74) is 2.65. The molecule has 6 rings (SSSR count). The lowest BCUT2D eigenvalue weighted by Crippen LogP contribution is -2.44. The molecule has 2 amide bonds. The molecule has 1 saturated heterocycles. The van der Waals surface area contributed by atoms with Crippen LogP contribution in [0.2, 0.25) is 0 Å². The third kappa shape index (κ3) is 2.84. The summed E-state index contributed by atoms with van der Waals surface area (Å²) in [7, 11) is 0. The number of aromatic nitrogens is 4. The van der Waals surface area contributed by atoms with Crippen molar-refractivity contribution in [3.63, 3.8) is 0 Å². The van der Waals surface area contributed by atoms with Crippen LogP contribution in [0.5, 0.6) is 0 Å². The Kier molecular flexibility index (Phi) is 4.08. The molecule has 166 valence electrons. The zero-order chi connectivity index (χ0) is 22.9. The lowest BCUT2D eigenvalue weighted by Gasteiger charge is -2.31. The first-order valence-electron chi connectivity index (χ1n) is 10.9. The van der Waals surface area contributed by atoms with Gasteiger partial charge in [0.05, 0.1) is 29.5 Å². The van der Waals surface area contributed by atoms with Gasteiger partial charge in [-0.2, -0.15) is 0 Å². The van der Waals surface area contributed by atoms with E-state index >= 15 is 0 Å². The van der Waals surface area contributed by atoms with Crippen LogP contribution in [0.25, 0.3) is 11.1 Å². The van der Waals surface area contributed by atoms with Gasteiger partial charge >= 0.3 is 6.09 Å². The number of hydrogen-bond donors (Lipinski definition) is 0. The number of aryl methyl sites for hydroxylation is 1. The van der Waals surface area contributed by atoms with Crippen LogP contribution in [-0.2, 0) is 14.9 Å². The number of rotatable bonds is 3. The standard InChI is InChI=1S/C24H22N6O3/c1-13-26-9-15(10-27-13)14-4-5-16-18(8-14)29(22(31)24(16,2)3)20-11-25-12-21(28-20)30-17-6-7-19(17)33-23(30)32/h4-5,8-12,17,19H,6-7H2,1-3H3/t17-,19+/m1/s1. The summed E-state index contributed by atoms with van der Waals surface area (Å²) in [6.07, 6.45) is 7.85. The molecule has 0 unspecified atom stereocenters. The SMILES string of the molecule is Cc1ncc(-c2ccc3c(c2)N(c2cncc(N4C(=O)O[C@H]5CC[C@H]54)n2)C(=O)C3(C)C)cn1. The molecule has 0 N–H and O–H groups in total. The van der Waals surface area contributed by atoms with Gasteiger partial charge in [-0.25, -0.2) is 19.7 Å². The Morgan fingerprint density at radius 3 is 2.45 bits per heavy atom. The molecule has 1 aliphatic carbocycles. The maximum Gasteiger partial charge on any atom is 0.416 e. The number of anilines is 3. The molecule has 0 radical (unpaired) electrons. The maximum atomic E-state index is 13.5. The van der Waals surface area contributed by atoms with Gasteiger partial charge in [0, 0.05) is 18.0 Å². The lowest BCUT2D eigenvalue weighted by atomic mass is 9.85. The van der Waals surface area contributed by atoms with Gasteiger partial charge in [-0.05, 0) is 50.8 Å². The van der Waals surface area contributed by atoms with Crippen LogP contribution in [0.4, 0.5) is 22.1 Å². The number of hydrogen-bond acceptors (Lipinski definition) is 7. The van der Waals surface area contributed by atoms with Gasteiger partial charge in [-0.1, -0.05) is 12.1 Å². The molecule has 3 aliphatic rings. The van der Waals surface area contributed by atoms with Crippen LogP contribution >= 0.6 is 0 Å². The minimum Gasteiger partial charge on any atom is -0.444 e. The molecule has 3 aromatic rings. The van der Waals surface area contributed by atoms with Gasteiger partial charge in [0.25, 0.3) is 0 Å². The van der Waals surface area contributed by atoms with Crippen molar-refractivity contribution in [2.24, 2.45) is 0 Å². The molecule has 2 aromatic heterocycles. The average molecular weight is 442 g/mol. The van der Waals surface area contributed by atoms with E-state index in [0.717, 1.165) is 35.2 Å². The van der Waals surface area contributed by atoms with E-state index in [2.05, 4.69) is 19.9 Å². The van der Waals surface area contributed by atoms with E-state index in [-0.39, 0.29) is 18.1 Å². The Bertz CT molecular complexity index is 1310. The zero-order valence-electron chi connectivity index (χ0n) is 18.5. The van der Waals surface area contributed by atoms with Gasteiger partial charge in [0.1, 0.15) is 11.9 Å². The zero-order valence-corrected chi connectivity index (χ0v) is 18.5. The molecule has 1 saturated carbocycles. The molecule has 2 aliphatic heterocycles. The van der Waals surface area contributed by atoms with E-state index in [0.29, 0.717) is 17.5 Å². The second kappa shape index (κ2) is 6.81. The summed E-state index contributed by atoms with van der Waals surface area (Å²) in [5, 5.41) is 0. The molecule has 9 heteroatoms. The lowest BCUT2D eigenvalue weighted by molar-refractivity contribution is -0.121. The molecular weight excluding hydrogens is 420 g/mol. The number of carbonyl (C=O) groups is 2. The van der Waals surface area contributed by atoms with Crippen LogP contribution in [0.15, 0.2) is 43.0 Å². The molecule has 9 nitrogen and oxygen atoms in total. The quantitative estimate of drug-likeness (QED) is 0.610. The highest BCUT2D eigenvalue weighted by Crippen LogP contribution is 2.46. The van der Waals surface area contributed by atoms with Crippen LogP contribution < -0.4 is 9.80 Å². The van der Waals surface area contributed by atoms with Gasteiger partial charge in [-0.15, -0.1) is 0 Å². The third-order valence-electron chi connectivity index (χ3n) is 6.81. The predicted octanol–water partition coefficient (Wildman–Crippen LogP) is 3.69. The number of fused-ring (bicyclic) bond motifs is 2. The van der Waals surface area contributed by atoms with Crippen LogP contribution in [-0.4, -0.2) is 44.1 Å². The fourth-order valence-electron chi connectivity index (χ4n) is 4.74. The van der Waals surface area contributed by atoms with Gasteiger partial charge in [-0.3, -0.25) is 19.6 Å². The number of carbonyl (C=O) groups excluding carboxylic acids is 2. The first-order chi connectivity index (χ1) is 15.8. The number of amides is 2. The number of nitrogens with zero attached hydrogens (tertiary/aromatic N) is 6. The summed E-state index contributed by atoms with van der Waals surface area (Å²) >= 11 is 0. The van der Waals surface area contributed by atoms with Crippen molar-refractivity contribution in [3.8, 4) is 11.1 Å². The van der Waals surface area contributed by atoms with Crippen molar-refractivity contribution in [2.75, 3.05) is 9.80 Å². The highest BCUT2D eigenvalue weighted by atomic mass is 16.6. The van der Waals surface area contributed by atoms with Crippen LogP contribution in [0.1, 0.15) is 38.1 Å². The smallest absolute Gasteiger partial charge is 0.416 e. The van der Waals surface area contributed by atoms with Crippen molar-refractivity contribution < 1.29 is 14.3 Å². The van der Waals surface area contributed by atoms with Gasteiger partial charge in [0.2, 0.25) is 5.91 Å². The Hall–Kier alpha value is -3.88. The molecular formula is C24H22N6O3. The second-order valence-electron chi connectivity index (χ2n) is 9.19. The molecule has 33 heavy (non-hydrogen) atoms. The third-order valence-corrected chi connectivity index (χ3v) is 6.81. The second-order valence-corrected chi connectivity index (χ2v) is 9.19. The van der Waals surface area contributed by atoms with Gasteiger partial charge in [0.15, 0.2) is 11.6 Å². The van der Waals surface area contributed by atoms with Crippen LogP contribution in [0.3, 0.4) is 0 Å². The summed E-state index contributed by atoms with van der Waals surface area (Å²) in [6, 6.07) is 5.88. The van der Waals surface area contributed by atoms with Gasteiger partial charge < -0.3 is 4.74 Å². The minimum absolute atomic E-state index is 0.0202. The van der Waals surface area contributed by atoms with E-state index in [9.17, 15) is 9.59 Å². The average Bonchev–Trinajstić information content (AvgIpc) is 3.14. The number of ether oxygens (including phenoxy) is 1. The Balaban J connectivity index is 1.44. The topological polar surface area (TPSA) is 101 Å². The van der Waals surface area contributed by atoms with E-state index in [4.69, 9.17) is 4.74 Å². The van der Waals surface area contributed by atoms with Crippen molar-refractivity contribution in [1.29, 1.82) is 0 Å². The van der Waals surface area contributed by atoms with E-state index in [1.54, 1.807) is 28.4 Å². The Morgan fingerprint density at radius 2 is 1.76 bits per heavy atom. The van der Waals surface area contributed by atoms with Crippen LogP contribution in [0, 0.1) is 6.92 Å². The maximum absolute atomic E-state index is 13.5. The summed E-state index contributed by atoms with van der Waals surface area (Å²) in [4.78, 5) is 46.6. The molecule has 1 aromatic carbocycles.